The van der Waals surface area contributed by atoms with Gasteiger partial charge in [0.15, 0.2) is 5.17 Å². The molecule has 2 aromatic carbocycles. The number of amidine groups is 1. The first-order chi connectivity index (χ1) is 9.86. The number of aryl methyl sites for hydroxylation is 1. The van der Waals surface area contributed by atoms with Gasteiger partial charge in [-0.15, -0.1) is 0 Å². The van der Waals surface area contributed by atoms with Crippen molar-refractivity contribution in [1.82, 2.24) is 0 Å². The first-order valence-electron chi connectivity index (χ1n) is 6.97. The van der Waals surface area contributed by atoms with Crippen LogP contribution >= 0.6 is 11.8 Å². The molecule has 1 N–H and O–H groups in total. The van der Waals surface area contributed by atoms with E-state index in [1.807, 2.05) is 6.07 Å². The average Bonchev–Trinajstić information content (AvgIpc) is 2.97. The fourth-order valence-electron chi connectivity index (χ4n) is 2.35. The van der Waals surface area contributed by atoms with E-state index in [1.54, 1.807) is 11.8 Å². The molecule has 0 bridgehead atoms. The number of para-hydroxylation sites is 1. The van der Waals surface area contributed by atoms with E-state index in [0.717, 1.165) is 17.3 Å². The van der Waals surface area contributed by atoms with Gasteiger partial charge in [0, 0.05) is 11.4 Å². The van der Waals surface area contributed by atoms with E-state index in [-0.39, 0.29) is 6.04 Å². The standard InChI is InChI=1S/C17H18N2S/c1-2-13-8-6-7-11-15(13)18-17-19-16(12-20-17)14-9-4-3-5-10-14/h3-11,16H,2,12H2,1H3,(H,18,19). The second-order valence-corrected chi connectivity index (χ2v) is 5.82. The Morgan fingerprint density at radius 2 is 1.85 bits per heavy atom. The molecule has 1 heterocycles. The van der Waals surface area contributed by atoms with Gasteiger partial charge in [0.05, 0.1) is 6.04 Å². The van der Waals surface area contributed by atoms with Crippen LogP contribution in [-0.2, 0) is 6.42 Å². The number of thioether (sulfide) groups is 1. The van der Waals surface area contributed by atoms with Gasteiger partial charge in [0.25, 0.3) is 0 Å². The summed E-state index contributed by atoms with van der Waals surface area (Å²) < 4.78 is 0. The molecule has 2 aromatic rings. The van der Waals surface area contributed by atoms with E-state index in [1.165, 1.54) is 16.8 Å². The van der Waals surface area contributed by atoms with Gasteiger partial charge in [0.2, 0.25) is 0 Å². The predicted octanol–water partition coefficient (Wildman–Crippen LogP) is 4.51. The summed E-state index contributed by atoms with van der Waals surface area (Å²) in [7, 11) is 0. The molecule has 1 atom stereocenters. The lowest BCUT2D eigenvalue weighted by Gasteiger charge is -2.09. The Morgan fingerprint density at radius 3 is 2.65 bits per heavy atom. The zero-order chi connectivity index (χ0) is 13.8. The van der Waals surface area contributed by atoms with E-state index in [2.05, 4.69) is 60.8 Å². The minimum Gasteiger partial charge on any atom is -0.335 e. The van der Waals surface area contributed by atoms with Crippen LogP contribution in [0.2, 0.25) is 0 Å². The summed E-state index contributed by atoms with van der Waals surface area (Å²) in [6.45, 7) is 2.18. The van der Waals surface area contributed by atoms with E-state index in [4.69, 9.17) is 4.99 Å². The van der Waals surface area contributed by atoms with Crippen molar-refractivity contribution >= 4 is 22.6 Å². The maximum atomic E-state index is 4.80. The van der Waals surface area contributed by atoms with Crippen molar-refractivity contribution in [2.24, 2.45) is 4.99 Å². The molecule has 0 saturated heterocycles. The number of hydrogen-bond acceptors (Lipinski definition) is 3. The van der Waals surface area contributed by atoms with Crippen molar-refractivity contribution in [3.05, 3.63) is 65.7 Å². The van der Waals surface area contributed by atoms with E-state index in [0.29, 0.717) is 0 Å². The monoisotopic (exact) mass is 282 g/mol. The van der Waals surface area contributed by atoms with Crippen LogP contribution in [0.15, 0.2) is 59.6 Å². The zero-order valence-electron chi connectivity index (χ0n) is 11.5. The van der Waals surface area contributed by atoms with Gasteiger partial charge in [0.1, 0.15) is 0 Å². The van der Waals surface area contributed by atoms with Crippen LogP contribution in [0.1, 0.15) is 24.1 Å². The number of hydrogen-bond donors (Lipinski definition) is 1. The van der Waals surface area contributed by atoms with Crippen LogP contribution in [0, 0.1) is 0 Å². The molecule has 3 heteroatoms. The molecule has 0 spiro atoms. The van der Waals surface area contributed by atoms with Crippen LogP contribution in [0.5, 0.6) is 0 Å². The fraction of sp³-hybridized carbons (Fsp3) is 0.235. The Kier molecular flexibility index (Phi) is 4.07. The number of aliphatic imine (C=N–C) groups is 1. The molecular formula is C17H18N2S. The highest BCUT2D eigenvalue weighted by Crippen LogP contribution is 2.31. The highest BCUT2D eigenvalue weighted by Gasteiger charge is 2.20. The Morgan fingerprint density at radius 1 is 1.10 bits per heavy atom. The van der Waals surface area contributed by atoms with E-state index < -0.39 is 0 Å². The third-order valence-corrected chi connectivity index (χ3v) is 4.44. The maximum Gasteiger partial charge on any atom is 0.161 e. The first-order valence-corrected chi connectivity index (χ1v) is 7.96. The Hall–Kier alpha value is -1.74. The number of anilines is 1. The van der Waals surface area contributed by atoms with Crippen LogP contribution in [0.3, 0.4) is 0 Å². The normalized spacial score (nSPS) is 17.9. The zero-order valence-corrected chi connectivity index (χ0v) is 12.4. The molecule has 1 aliphatic rings. The molecule has 1 aliphatic heterocycles. The number of nitrogens with zero attached hydrogens (tertiary/aromatic N) is 1. The first kappa shape index (κ1) is 13.3. The van der Waals surface area contributed by atoms with Crippen LogP contribution < -0.4 is 5.32 Å². The molecule has 102 valence electrons. The van der Waals surface area contributed by atoms with E-state index in [9.17, 15) is 0 Å². The summed E-state index contributed by atoms with van der Waals surface area (Å²) >= 11 is 1.80. The Labute approximate surface area is 124 Å². The van der Waals surface area contributed by atoms with Crippen molar-refractivity contribution in [1.29, 1.82) is 0 Å². The molecule has 0 fully saturated rings. The second-order valence-electron chi connectivity index (χ2n) is 4.81. The summed E-state index contributed by atoms with van der Waals surface area (Å²) in [5.41, 5.74) is 3.80. The smallest absolute Gasteiger partial charge is 0.161 e. The molecule has 1 unspecified atom stereocenters. The minimum absolute atomic E-state index is 0.275. The van der Waals surface area contributed by atoms with Crippen LogP contribution in [0.25, 0.3) is 0 Å². The third-order valence-electron chi connectivity index (χ3n) is 3.48. The second kappa shape index (κ2) is 6.14. The Bertz CT molecular complexity index is 607. The SMILES string of the molecule is CCc1ccccc1NC1=NC(c2ccccc2)CS1. The van der Waals surface area contributed by atoms with Gasteiger partial charge in [-0.2, -0.15) is 0 Å². The van der Waals surface area contributed by atoms with Crippen LogP contribution in [0.4, 0.5) is 5.69 Å². The summed E-state index contributed by atoms with van der Waals surface area (Å²) in [6.07, 6.45) is 1.03. The van der Waals surface area contributed by atoms with Gasteiger partial charge in [-0.05, 0) is 23.6 Å². The van der Waals surface area contributed by atoms with Crippen molar-refractivity contribution in [2.75, 3.05) is 11.1 Å². The molecule has 3 rings (SSSR count). The summed E-state index contributed by atoms with van der Waals surface area (Å²) in [4.78, 5) is 4.80. The van der Waals surface area contributed by atoms with Gasteiger partial charge < -0.3 is 5.32 Å². The van der Waals surface area contributed by atoms with Crippen molar-refractivity contribution < 1.29 is 0 Å². The topological polar surface area (TPSA) is 24.4 Å². The molecule has 0 aliphatic carbocycles. The fourth-order valence-corrected chi connectivity index (χ4v) is 3.32. The molecular weight excluding hydrogens is 264 g/mol. The van der Waals surface area contributed by atoms with Gasteiger partial charge in [-0.25, -0.2) is 0 Å². The predicted molar refractivity (Wildman–Crippen MR) is 88.5 cm³/mol. The molecule has 0 aromatic heterocycles. The molecule has 0 radical (unpaired) electrons. The Balaban J connectivity index is 1.76. The number of benzene rings is 2. The minimum atomic E-state index is 0.275. The van der Waals surface area contributed by atoms with Crippen LogP contribution in [-0.4, -0.2) is 10.9 Å². The van der Waals surface area contributed by atoms with Gasteiger partial charge in [-0.3, -0.25) is 4.99 Å². The average molecular weight is 282 g/mol. The van der Waals surface area contributed by atoms with Gasteiger partial charge in [-0.1, -0.05) is 67.2 Å². The summed E-state index contributed by atoms with van der Waals surface area (Å²) in [5.74, 6) is 1.01. The third kappa shape index (κ3) is 2.88. The molecule has 2 nitrogen and oxygen atoms in total. The van der Waals surface area contributed by atoms with E-state index >= 15 is 0 Å². The van der Waals surface area contributed by atoms with Crippen molar-refractivity contribution in [2.45, 2.75) is 19.4 Å². The maximum absolute atomic E-state index is 4.80. The lowest BCUT2D eigenvalue weighted by Crippen LogP contribution is -2.06. The summed E-state index contributed by atoms with van der Waals surface area (Å²) in [6, 6.07) is 19.2. The molecule has 0 saturated carbocycles. The highest BCUT2D eigenvalue weighted by molar-refractivity contribution is 8.14. The van der Waals surface area contributed by atoms with Gasteiger partial charge >= 0.3 is 0 Å². The lowest BCUT2D eigenvalue weighted by molar-refractivity contribution is 0.849. The van der Waals surface area contributed by atoms with Crippen molar-refractivity contribution in [3.8, 4) is 0 Å². The van der Waals surface area contributed by atoms with Crippen molar-refractivity contribution in [3.63, 3.8) is 0 Å². The largest absolute Gasteiger partial charge is 0.335 e. The lowest BCUT2D eigenvalue weighted by atomic mass is 10.1. The quantitative estimate of drug-likeness (QED) is 0.896. The molecule has 0 amide bonds. The highest BCUT2D eigenvalue weighted by atomic mass is 32.2. The number of nitrogens with one attached hydrogen (secondary N) is 1. The number of rotatable bonds is 3. The summed E-state index contributed by atoms with van der Waals surface area (Å²) in [5, 5.41) is 4.50. The molecule has 20 heavy (non-hydrogen) atoms.